The maximum atomic E-state index is 12.6. The zero-order valence-corrected chi connectivity index (χ0v) is 14.8. The fourth-order valence-electron chi connectivity index (χ4n) is 4.16. The Bertz CT molecular complexity index is 960. The van der Waals surface area contributed by atoms with Crippen molar-refractivity contribution in [1.82, 2.24) is 25.4 Å². The third-order valence-electron chi connectivity index (χ3n) is 5.51. The van der Waals surface area contributed by atoms with Gasteiger partial charge in [-0.05, 0) is 55.5 Å². The van der Waals surface area contributed by atoms with Crippen molar-refractivity contribution in [3.63, 3.8) is 0 Å². The summed E-state index contributed by atoms with van der Waals surface area (Å²) in [5.41, 5.74) is 6.70. The van der Waals surface area contributed by atoms with E-state index in [2.05, 4.69) is 26.8 Å². The van der Waals surface area contributed by atoms with Crippen molar-refractivity contribution in [2.24, 2.45) is 0 Å². The minimum absolute atomic E-state index is 0.0400. The van der Waals surface area contributed by atoms with Crippen molar-refractivity contribution in [2.45, 2.75) is 45.3 Å². The van der Waals surface area contributed by atoms with Crippen LogP contribution in [-0.2, 0) is 32.5 Å². The van der Waals surface area contributed by atoms with Crippen LogP contribution in [0.5, 0.6) is 0 Å². The number of aromatic amines is 1. The Labute approximate surface area is 152 Å². The van der Waals surface area contributed by atoms with Crippen LogP contribution in [-0.4, -0.2) is 27.2 Å². The Balaban J connectivity index is 1.34. The van der Waals surface area contributed by atoms with E-state index in [0.717, 1.165) is 49.2 Å². The zero-order chi connectivity index (χ0) is 17.5. The van der Waals surface area contributed by atoms with Crippen LogP contribution in [0.2, 0.25) is 0 Å². The molecule has 2 aliphatic rings. The lowest BCUT2D eigenvalue weighted by Gasteiger charge is -2.13. The van der Waals surface area contributed by atoms with Crippen LogP contribution in [0.1, 0.15) is 45.8 Å². The second-order valence-corrected chi connectivity index (χ2v) is 7.26. The van der Waals surface area contributed by atoms with Gasteiger partial charge in [0.1, 0.15) is 0 Å². The first kappa shape index (κ1) is 15.6. The van der Waals surface area contributed by atoms with E-state index in [1.54, 1.807) is 0 Å². The quantitative estimate of drug-likeness (QED) is 0.679. The lowest BCUT2D eigenvalue weighted by atomic mass is 9.95. The first-order valence-corrected chi connectivity index (χ1v) is 9.46. The molecule has 1 aromatic carbocycles. The van der Waals surface area contributed by atoms with E-state index >= 15 is 0 Å². The molecule has 0 bridgehead atoms. The molecule has 0 atom stereocenters. The van der Waals surface area contributed by atoms with Crippen molar-refractivity contribution in [3.8, 4) is 0 Å². The fourth-order valence-corrected chi connectivity index (χ4v) is 4.16. The molecule has 3 aromatic rings. The van der Waals surface area contributed by atoms with Gasteiger partial charge in [-0.3, -0.25) is 9.48 Å². The van der Waals surface area contributed by atoms with E-state index in [1.807, 2.05) is 22.9 Å². The van der Waals surface area contributed by atoms with Crippen LogP contribution in [0.4, 0.5) is 0 Å². The lowest BCUT2D eigenvalue weighted by molar-refractivity contribution is 0.0950. The van der Waals surface area contributed by atoms with Gasteiger partial charge in [0.25, 0.3) is 5.91 Å². The van der Waals surface area contributed by atoms with Crippen LogP contribution in [0.25, 0.3) is 10.9 Å². The van der Waals surface area contributed by atoms with E-state index in [4.69, 9.17) is 0 Å². The fraction of sp³-hybridized carbons (Fsp3) is 0.400. The molecule has 0 spiro atoms. The van der Waals surface area contributed by atoms with Crippen LogP contribution in [0.3, 0.4) is 0 Å². The molecule has 3 N–H and O–H groups in total. The molecular weight excluding hydrogens is 326 g/mol. The highest BCUT2D eigenvalue weighted by atomic mass is 16.1. The molecule has 0 saturated heterocycles. The summed E-state index contributed by atoms with van der Waals surface area (Å²) in [6.07, 6.45) is 4.70. The predicted octanol–water partition coefficient (Wildman–Crippen LogP) is 2.28. The van der Waals surface area contributed by atoms with Gasteiger partial charge < -0.3 is 15.6 Å². The van der Waals surface area contributed by atoms with Crippen LogP contribution in [0.15, 0.2) is 24.3 Å². The average molecular weight is 349 g/mol. The number of carbonyl (C=O) groups excluding carboxylic acids is 1. The number of carbonyl (C=O) groups is 1. The summed E-state index contributed by atoms with van der Waals surface area (Å²) in [6, 6.07) is 8.04. The Kier molecular flexibility index (Phi) is 3.78. The van der Waals surface area contributed by atoms with Crippen molar-refractivity contribution in [3.05, 3.63) is 52.5 Å². The number of nitrogens with one attached hydrogen (secondary N) is 3. The van der Waals surface area contributed by atoms with Gasteiger partial charge >= 0.3 is 0 Å². The van der Waals surface area contributed by atoms with E-state index in [0.29, 0.717) is 6.54 Å². The first-order valence-electron chi connectivity index (χ1n) is 9.46. The second kappa shape index (κ2) is 6.29. The molecule has 5 rings (SSSR count). The van der Waals surface area contributed by atoms with Crippen molar-refractivity contribution in [2.75, 3.05) is 6.54 Å². The molecule has 0 radical (unpaired) electrons. The van der Waals surface area contributed by atoms with Gasteiger partial charge in [-0.2, -0.15) is 5.10 Å². The number of H-pyrrole nitrogens is 1. The van der Waals surface area contributed by atoms with Crippen molar-refractivity contribution in [1.29, 1.82) is 0 Å². The molecular formula is C20H23N5O. The first-order chi connectivity index (χ1) is 12.8. The topological polar surface area (TPSA) is 74.7 Å². The summed E-state index contributed by atoms with van der Waals surface area (Å²) in [7, 11) is 0. The van der Waals surface area contributed by atoms with Gasteiger partial charge in [0.05, 0.1) is 24.5 Å². The van der Waals surface area contributed by atoms with Gasteiger partial charge in [-0.1, -0.05) is 0 Å². The molecule has 0 fully saturated rings. The summed E-state index contributed by atoms with van der Waals surface area (Å²) in [4.78, 5) is 16.1. The van der Waals surface area contributed by atoms with Gasteiger partial charge in [-0.25, -0.2) is 0 Å². The van der Waals surface area contributed by atoms with Crippen LogP contribution < -0.4 is 10.6 Å². The third kappa shape index (κ3) is 2.70. The number of hydrogen-bond donors (Lipinski definition) is 3. The summed E-state index contributed by atoms with van der Waals surface area (Å²) in [5.74, 6) is -0.0400. The van der Waals surface area contributed by atoms with Crippen molar-refractivity contribution >= 4 is 16.8 Å². The number of fused-ring (bicyclic) bond motifs is 4. The minimum Gasteiger partial charge on any atom is -0.358 e. The van der Waals surface area contributed by atoms with Crippen molar-refractivity contribution < 1.29 is 4.79 Å². The lowest BCUT2D eigenvalue weighted by Crippen LogP contribution is -2.28. The largest absolute Gasteiger partial charge is 0.358 e. The molecule has 1 aliphatic carbocycles. The SMILES string of the molecule is O=C(NCc1cc2n(n1)CCNC2)c1ccc2[nH]c3c(c2c1)CCCC3. The standard InChI is InChI=1S/C20H23N5O/c26-20(22-11-14-10-15-12-21-7-8-25(15)24-14)13-5-6-19-17(9-13)16-3-1-2-4-18(16)23-19/h5-6,9-10,21,23H,1-4,7-8,11-12H2,(H,22,26). The number of benzene rings is 1. The van der Waals surface area contributed by atoms with E-state index < -0.39 is 0 Å². The highest BCUT2D eigenvalue weighted by molar-refractivity contribution is 5.99. The molecule has 1 aliphatic heterocycles. The Hall–Kier alpha value is -2.60. The molecule has 6 heteroatoms. The van der Waals surface area contributed by atoms with Crippen LogP contribution >= 0.6 is 0 Å². The summed E-state index contributed by atoms with van der Waals surface area (Å²) in [6.45, 7) is 3.14. The molecule has 134 valence electrons. The molecule has 3 heterocycles. The zero-order valence-electron chi connectivity index (χ0n) is 14.8. The normalized spacial score (nSPS) is 16.3. The molecule has 0 unspecified atom stereocenters. The Morgan fingerprint density at radius 1 is 1.23 bits per heavy atom. The van der Waals surface area contributed by atoms with E-state index in [-0.39, 0.29) is 5.91 Å². The molecule has 1 amide bonds. The number of hydrogen-bond acceptors (Lipinski definition) is 3. The number of aryl methyl sites for hydroxylation is 2. The van der Waals surface area contributed by atoms with E-state index in [1.165, 1.54) is 35.2 Å². The van der Waals surface area contributed by atoms with Gasteiger partial charge in [0, 0.05) is 35.2 Å². The third-order valence-corrected chi connectivity index (χ3v) is 5.51. The highest BCUT2D eigenvalue weighted by Gasteiger charge is 2.17. The summed E-state index contributed by atoms with van der Waals surface area (Å²) >= 11 is 0. The molecule has 2 aromatic heterocycles. The number of rotatable bonds is 3. The smallest absolute Gasteiger partial charge is 0.251 e. The summed E-state index contributed by atoms with van der Waals surface area (Å²) in [5, 5.41) is 12.1. The number of nitrogens with zero attached hydrogens (tertiary/aromatic N) is 2. The average Bonchev–Trinajstić information content (AvgIpc) is 3.26. The number of aromatic nitrogens is 3. The van der Waals surface area contributed by atoms with Gasteiger partial charge in [-0.15, -0.1) is 0 Å². The maximum Gasteiger partial charge on any atom is 0.251 e. The Morgan fingerprint density at radius 2 is 2.15 bits per heavy atom. The summed E-state index contributed by atoms with van der Waals surface area (Å²) < 4.78 is 2.02. The second-order valence-electron chi connectivity index (χ2n) is 7.26. The monoisotopic (exact) mass is 349 g/mol. The molecule has 0 saturated carbocycles. The Morgan fingerprint density at radius 3 is 3.08 bits per heavy atom. The molecule has 26 heavy (non-hydrogen) atoms. The van der Waals surface area contributed by atoms with E-state index in [9.17, 15) is 4.79 Å². The van der Waals surface area contributed by atoms with Crippen LogP contribution in [0, 0.1) is 0 Å². The number of amides is 1. The maximum absolute atomic E-state index is 12.6. The van der Waals surface area contributed by atoms with Gasteiger partial charge in [0.2, 0.25) is 0 Å². The minimum atomic E-state index is -0.0400. The highest BCUT2D eigenvalue weighted by Crippen LogP contribution is 2.29. The molecule has 6 nitrogen and oxygen atoms in total. The predicted molar refractivity (Wildman–Crippen MR) is 100 cm³/mol. The van der Waals surface area contributed by atoms with Gasteiger partial charge in [0.15, 0.2) is 0 Å².